The second kappa shape index (κ2) is 9.26. The van der Waals surface area contributed by atoms with Crippen LogP contribution in [0.4, 0.5) is 9.93 Å². The van der Waals surface area contributed by atoms with Crippen LogP contribution in [0.5, 0.6) is 0 Å². The van der Waals surface area contributed by atoms with Gasteiger partial charge in [-0.25, -0.2) is 14.6 Å². The predicted molar refractivity (Wildman–Crippen MR) is 127 cm³/mol. The Labute approximate surface area is 200 Å². The summed E-state index contributed by atoms with van der Waals surface area (Å²) in [7, 11) is 0. The minimum absolute atomic E-state index is 0.0568. The molecular formula is C25H23N3O5S. The molecule has 9 heteroatoms. The molecule has 174 valence electrons. The zero-order valence-corrected chi connectivity index (χ0v) is 19.1. The smallest absolute Gasteiger partial charge is 0.413 e. The molecule has 8 nitrogen and oxygen atoms in total. The summed E-state index contributed by atoms with van der Waals surface area (Å²) < 4.78 is 5.52. The number of fused-ring (bicyclic) bond motifs is 3. The fourth-order valence-electron chi connectivity index (χ4n) is 4.73. The highest BCUT2D eigenvalue weighted by molar-refractivity contribution is 7.14. The van der Waals surface area contributed by atoms with Crippen molar-refractivity contribution in [3.63, 3.8) is 0 Å². The van der Waals surface area contributed by atoms with Crippen LogP contribution in [0.2, 0.25) is 0 Å². The topological polar surface area (TPSA) is 109 Å². The Morgan fingerprint density at radius 1 is 1.06 bits per heavy atom. The van der Waals surface area contributed by atoms with E-state index in [1.165, 1.54) is 10.3 Å². The van der Waals surface area contributed by atoms with E-state index in [4.69, 9.17) is 4.74 Å². The minimum Gasteiger partial charge on any atom is -0.480 e. The van der Waals surface area contributed by atoms with Gasteiger partial charge in [-0.2, -0.15) is 0 Å². The molecular weight excluding hydrogens is 454 g/mol. The molecule has 0 bridgehead atoms. The van der Waals surface area contributed by atoms with Crippen LogP contribution < -0.4 is 5.32 Å². The monoisotopic (exact) mass is 477 g/mol. The van der Waals surface area contributed by atoms with Crippen LogP contribution in [0.15, 0.2) is 53.9 Å². The lowest BCUT2D eigenvalue weighted by atomic mass is 9.98. The fourth-order valence-corrected chi connectivity index (χ4v) is 5.40. The van der Waals surface area contributed by atoms with Gasteiger partial charge in [0.1, 0.15) is 18.3 Å². The van der Waals surface area contributed by atoms with E-state index in [9.17, 15) is 19.5 Å². The highest BCUT2D eigenvalue weighted by Crippen LogP contribution is 2.44. The number of ether oxygens (including phenoxy) is 1. The standard InChI is InChI=1S/C25H23N3O5S/c29-22(28-12-6-5-11-21(28)23(30)31)20-14-34-24(26-20)27-25(32)33-13-19-17-9-3-1-7-15(17)16-8-2-4-10-18(16)19/h1-4,7-10,14,19,21H,5-6,11-13H2,(H,30,31)(H,26,27,32)/t21-/m1/s1. The lowest BCUT2D eigenvalue weighted by Gasteiger charge is -2.32. The van der Waals surface area contributed by atoms with Gasteiger partial charge in [-0.15, -0.1) is 11.3 Å². The maximum atomic E-state index is 12.8. The molecule has 34 heavy (non-hydrogen) atoms. The molecule has 2 heterocycles. The maximum absolute atomic E-state index is 12.8. The van der Waals surface area contributed by atoms with Gasteiger partial charge in [0.15, 0.2) is 5.13 Å². The number of thiazole rings is 1. The van der Waals surface area contributed by atoms with E-state index in [0.717, 1.165) is 46.4 Å². The number of benzene rings is 2. The van der Waals surface area contributed by atoms with Crippen molar-refractivity contribution in [2.75, 3.05) is 18.5 Å². The Balaban J connectivity index is 1.23. The Bertz CT molecular complexity index is 1210. The molecule has 2 aliphatic rings. The first-order valence-corrected chi connectivity index (χ1v) is 12.0. The zero-order valence-electron chi connectivity index (χ0n) is 18.3. The third-order valence-corrected chi connectivity index (χ3v) is 7.08. The van der Waals surface area contributed by atoms with E-state index < -0.39 is 24.0 Å². The number of carboxylic acid groups (broad SMARTS) is 1. The summed E-state index contributed by atoms with van der Waals surface area (Å²) in [5.74, 6) is -1.51. The summed E-state index contributed by atoms with van der Waals surface area (Å²) in [6.45, 7) is 0.549. The summed E-state index contributed by atoms with van der Waals surface area (Å²) in [4.78, 5) is 42.3. The van der Waals surface area contributed by atoms with Crippen LogP contribution in [-0.4, -0.2) is 52.2 Å². The second-order valence-electron chi connectivity index (χ2n) is 8.34. The number of carboxylic acids is 1. The van der Waals surface area contributed by atoms with Crippen molar-refractivity contribution >= 4 is 34.4 Å². The highest BCUT2D eigenvalue weighted by Gasteiger charge is 2.33. The van der Waals surface area contributed by atoms with Gasteiger partial charge in [0.25, 0.3) is 5.91 Å². The molecule has 3 aromatic rings. The van der Waals surface area contributed by atoms with Crippen LogP contribution in [-0.2, 0) is 9.53 Å². The number of aromatic nitrogens is 1. The zero-order chi connectivity index (χ0) is 23.7. The summed E-state index contributed by atoms with van der Waals surface area (Å²) >= 11 is 1.10. The maximum Gasteiger partial charge on any atom is 0.413 e. The number of nitrogens with zero attached hydrogens (tertiary/aromatic N) is 2. The molecule has 1 atom stereocenters. The molecule has 1 aromatic heterocycles. The van der Waals surface area contributed by atoms with Gasteiger partial charge >= 0.3 is 12.1 Å². The number of carbonyl (C=O) groups excluding carboxylic acids is 2. The van der Waals surface area contributed by atoms with Crippen molar-refractivity contribution in [3.05, 3.63) is 70.7 Å². The molecule has 1 saturated heterocycles. The van der Waals surface area contributed by atoms with Gasteiger partial charge in [0.2, 0.25) is 0 Å². The normalized spacial score (nSPS) is 17.1. The van der Waals surface area contributed by atoms with Crippen molar-refractivity contribution in [1.29, 1.82) is 0 Å². The van der Waals surface area contributed by atoms with Crippen molar-refractivity contribution in [2.24, 2.45) is 0 Å². The molecule has 1 fully saturated rings. The number of aliphatic carboxylic acids is 1. The lowest BCUT2D eigenvalue weighted by molar-refractivity contribution is -0.143. The van der Waals surface area contributed by atoms with Crippen molar-refractivity contribution in [3.8, 4) is 11.1 Å². The SMILES string of the molecule is O=C(Nc1nc(C(=O)N2CCCC[C@@H]2C(=O)O)cs1)OCC1c2ccccc2-c2ccccc21. The number of anilines is 1. The van der Waals surface area contributed by atoms with Gasteiger partial charge in [-0.1, -0.05) is 48.5 Å². The van der Waals surface area contributed by atoms with Crippen LogP contribution in [0.25, 0.3) is 11.1 Å². The number of carbonyl (C=O) groups is 3. The fraction of sp³-hybridized carbons (Fsp3) is 0.280. The van der Waals surface area contributed by atoms with Crippen LogP contribution in [0.1, 0.15) is 46.8 Å². The molecule has 0 unspecified atom stereocenters. The Hall–Kier alpha value is -3.72. The number of hydrogen-bond donors (Lipinski definition) is 2. The number of piperidine rings is 1. The van der Waals surface area contributed by atoms with Crippen LogP contribution in [0, 0.1) is 0 Å². The summed E-state index contributed by atoms with van der Waals surface area (Å²) in [5, 5.41) is 13.7. The van der Waals surface area contributed by atoms with E-state index in [-0.39, 0.29) is 23.4 Å². The number of amides is 2. The molecule has 1 aliphatic heterocycles. The van der Waals surface area contributed by atoms with Crippen LogP contribution in [0.3, 0.4) is 0 Å². The summed E-state index contributed by atoms with van der Waals surface area (Å²) in [6.07, 6.45) is 1.30. The van der Waals surface area contributed by atoms with Crippen molar-refractivity contribution in [1.82, 2.24) is 9.88 Å². The molecule has 2 N–H and O–H groups in total. The highest BCUT2D eigenvalue weighted by atomic mass is 32.1. The number of nitrogens with one attached hydrogen (secondary N) is 1. The third-order valence-electron chi connectivity index (χ3n) is 6.32. The molecule has 2 aromatic carbocycles. The minimum atomic E-state index is -1.01. The molecule has 0 spiro atoms. The van der Waals surface area contributed by atoms with Gasteiger partial charge < -0.3 is 14.7 Å². The van der Waals surface area contributed by atoms with Gasteiger partial charge in [-0.3, -0.25) is 10.1 Å². The lowest BCUT2D eigenvalue weighted by Crippen LogP contribution is -2.48. The molecule has 0 radical (unpaired) electrons. The first-order chi connectivity index (χ1) is 16.5. The summed E-state index contributed by atoms with van der Waals surface area (Å²) in [6, 6.07) is 15.3. The van der Waals surface area contributed by atoms with Crippen LogP contribution >= 0.6 is 11.3 Å². The van der Waals surface area contributed by atoms with E-state index in [2.05, 4.69) is 22.4 Å². The predicted octanol–water partition coefficient (Wildman–Crippen LogP) is 4.58. The number of likely N-dealkylation sites (tertiary alicyclic amines) is 1. The molecule has 1 aliphatic carbocycles. The molecule has 2 amide bonds. The van der Waals surface area contributed by atoms with Crippen molar-refractivity contribution in [2.45, 2.75) is 31.2 Å². The number of hydrogen-bond acceptors (Lipinski definition) is 6. The first-order valence-electron chi connectivity index (χ1n) is 11.1. The van der Waals surface area contributed by atoms with Gasteiger partial charge in [0.05, 0.1) is 0 Å². The molecule has 0 saturated carbocycles. The Morgan fingerprint density at radius 3 is 2.41 bits per heavy atom. The quantitative estimate of drug-likeness (QED) is 0.557. The Kier molecular flexibility index (Phi) is 6.02. The Morgan fingerprint density at radius 2 is 1.74 bits per heavy atom. The van der Waals surface area contributed by atoms with Crippen molar-refractivity contribution < 1.29 is 24.2 Å². The summed E-state index contributed by atoms with van der Waals surface area (Å²) in [5.41, 5.74) is 4.65. The largest absolute Gasteiger partial charge is 0.480 e. The van der Waals surface area contributed by atoms with E-state index in [1.54, 1.807) is 0 Å². The van der Waals surface area contributed by atoms with Gasteiger partial charge in [0, 0.05) is 17.8 Å². The first kappa shape index (κ1) is 22.1. The van der Waals surface area contributed by atoms with E-state index >= 15 is 0 Å². The number of rotatable bonds is 5. The third kappa shape index (κ3) is 4.14. The second-order valence-corrected chi connectivity index (χ2v) is 9.19. The molecule has 5 rings (SSSR count). The average Bonchev–Trinajstić information content (AvgIpc) is 3.45. The van der Waals surface area contributed by atoms with E-state index in [0.29, 0.717) is 13.0 Å². The van der Waals surface area contributed by atoms with E-state index in [1.807, 2.05) is 36.4 Å². The van der Waals surface area contributed by atoms with Gasteiger partial charge in [-0.05, 0) is 41.5 Å². The average molecular weight is 478 g/mol.